The van der Waals surface area contributed by atoms with E-state index in [0.717, 1.165) is 5.56 Å². The first-order chi connectivity index (χ1) is 17.5. The molecule has 0 saturated heterocycles. The van der Waals surface area contributed by atoms with Gasteiger partial charge >= 0.3 is 6.09 Å². The molecule has 0 unspecified atom stereocenters. The summed E-state index contributed by atoms with van der Waals surface area (Å²) < 4.78 is 20.2. The molecule has 2 N–H and O–H groups in total. The van der Waals surface area contributed by atoms with Crippen molar-refractivity contribution < 1.29 is 19.0 Å². The molecule has 0 aliphatic rings. The Kier molecular flexibility index (Phi) is 8.38. The Morgan fingerprint density at radius 3 is 2.69 bits per heavy atom. The van der Waals surface area contributed by atoms with Gasteiger partial charge in [0.25, 0.3) is 0 Å². The number of aliphatic hydroxyl groups excluding tert-OH is 1. The highest BCUT2D eigenvalue weighted by molar-refractivity contribution is 6.30. The van der Waals surface area contributed by atoms with Gasteiger partial charge in [0.2, 0.25) is 5.95 Å². The summed E-state index contributed by atoms with van der Waals surface area (Å²) in [4.78, 5) is 26.6. The van der Waals surface area contributed by atoms with Crippen LogP contribution >= 0.6 is 11.6 Å². The fourth-order valence-electron chi connectivity index (χ4n) is 3.39. The average Bonchev–Trinajstić information content (AvgIpc) is 2.89. The monoisotopic (exact) mass is 507 g/mol. The van der Waals surface area contributed by atoms with Gasteiger partial charge in [0.05, 0.1) is 35.5 Å². The van der Waals surface area contributed by atoms with Crippen LogP contribution in [0.1, 0.15) is 12.0 Å². The average molecular weight is 508 g/mol. The van der Waals surface area contributed by atoms with Gasteiger partial charge in [0.1, 0.15) is 12.4 Å². The summed E-state index contributed by atoms with van der Waals surface area (Å²) in [5.41, 5.74) is 2.09. The molecule has 2 aromatic carbocycles. The van der Waals surface area contributed by atoms with Crippen LogP contribution in [0.2, 0.25) is 5.02 Å². The molecule has 2 aromatic heterocycles. The maximum absolute atomic E-state index is 14.8. The molecule has 4 aromatic rings. The highest BCUT2D eigenvalue weighted by Gasteiger charge is 2.20. The third-order valence-electron chi connectivity index (χ3n) is 5.11. The van der Waals surface area contributed by atoms with Gasteiger partial charge in [-0.3, -0.25) is 9.88 Å². The molecule has 2 heterocycles. The van der Waals surface area contributed by atoms with Gasteiger partial charge in [0.15, 0.2) is 0 Å². The zero-order chi connectivity index (χ0) is 25.3. The van der Waals surface area contributed by atoms with E-state index in [1.54, 1.807) is 18.2 Å². The van der Waals surface area contributed by atoms with Crippen LogP contribution in [0, 0.1) is 5.95 Å². The largest absolute Gasteiger partial charge is 0.444 e. The Morgan fingerprint density at radius 1 is 1.08 bits per heavy atom. The number of aliphatic hydroxyl groups is 1. The van der Waals surface area contributed by atoms with Crippen molar-refractivity contribution >= 4 is 34.9 Å². The van der Waals surface area contributed by atoms with E-state index in [-0.39, 0.29) is 31.0 Å². The second-order valence-corrected chi connectivity index (χ2v) is 8.16. The number of anilines is 3. The van der Waals surface area contributed by atoms with Gasteiger partial charge < -0.3 is 15.2 Å². The lowest BCUT2D eigenvalue weighted by atomic mass is 10.2. The SMILES string of the molecule is O=C(OCc1ccccc1)N(CCCO)c1cnc(F)c(-c2cncc(Nc3cccc(Cl)c3)n2)c1. The predicted molar refractivity (Wildman–Crippen MR) is 136 cm³/mol. The van der Waals surface area contributed by atoms with Gasteiger partial charge in [-0.15, -0.1) is 0 Å². The number of amides is 1. The first-order valence-electron chi connectivity index (χ1n) is 11.1. The third-order valence-corrected chi connectivity index (χ3v) is 5.34. The van der Waals surface area contributed by atoms with E-state index in [4.69, 9.17) is 16.3 Å². The number of hydrogen-bond donors (Lipinski definition) is 2. The van der Waals surface area contributed by atoms with Gasteiger partial charge in [-0.1, -0.05) is 48.0 Å². The van der Waals surface area contributed by atoms with E-state index in [1.165, 1.54) is 29.6 Å². The molecule has 184 valence electrons. The molecule has 0 fully saturated rings. The summed E-state index contributed by atoms with van der Waals surface area (Å²) >= 11 is 6.03. The van der Waals surface area contributed by atoms with Crippen LogP contribution in [0.25, 0.3) is 11.3 Å². The van der Waals surface area contributed by atoms with E-state index in [9.17, 15) is 14.3 Å². The van der Waals surface area contributed by atoms with E-state index in [0.29, 0.717) is 28.6 Å². The van der Waals surface area contributed by atoms with Crippen LogP contribution in [0.3, 0.4) is 0 Å². The lowest BCUT2D eigenvalue weighted by Gasteiger charge is -2.22. The minimum atomic E-state index is -0.771. The number of halogens is 2. The summed E-state index contributed by atoms with van der Waals surface area (Å²) in [6, 6.07) is 17.8. The number of ether oxygens (including phenoxy) is 1. The first-order valence-corrected chi connectivity index (χ1v) is 11.5. The summed E-state index contributed by atoms with van der Waals surface area (Å²) in [6.45, 7) is 0.0883. The number of nitrogens with zero attached hydrogens (tertiary/aromatic N) is 4. The van der Waals surface area contributed by atoms with E-state index < -0.39 is 12.0 Å². The smallest absolute Gasteiger partial charge is 0.414 e. The molecule has 0 aliphatic heterocycles. The topological polar surface area (TPSA) is 100 Å². The summed E-state index contributed by atoms with van der Waals surface area (Å²) in [6.07, 6.45) is 3.79. The fraction of sp³-hybridized carbons (Fsp3) is 0.154. The molecule has 36 heavy (non-hydrogen) atoms. The van der Waals surface area contributed by atoms with Crippen molar-refractivity contribution in [2.75, 3.05) is 23.4 Å². The Hall–Kier alpha value is -4.08. The molecule has 4 rings (SSSR count). The Bertz CT molecular complexity index is 1330. The van der Waals surface area contributed by atoms with Gasteiger partial charge in [-0.2, -0.15) is 4.39 Å². The van der Waals surface area contributed by atoms with Crippen LogP contribution in [-0.4, -0.2) is 39.3 Å². The lowest BCUT2D eigenvalue weighted by molar-refractivity contribution is 0.146. The quantitative estimate of drug-likeness (QED) is 0.284. The molecule has 0 spiro atoms. The molecular weight excluding hydrogens is 485 g/mol. The second kappa shape index (κ2) is 12.1. The number of aromatic nitrogens is 3. The van der Waals surface area contributed by atoms with Crippen LogP contribution in [0.4, 0.5) is 26.4 Å². The van der Waals surface area contributed by atoms with E-state index in [2.05, 4.69) is 20.3 Å². The van der Waals surface area contributed by atoms with Gasteiger partial charge in [-0.05, 0) is 36.2 Å². The van der Waals surface area contributed by atoms with Crippen molar-refractivity contribution in [1.82, 2.24) is 15.0 Å². The molecule has 0 aliphatic carbocycles. The maximum Gasteiger partial charge on any atom is 0.414 e. The Morgan fingerprint density at radius 2 is 1.92 bits per heavy atom. The maximum atomic E-state index is 14.8. The van der Waals surface area contributed by atoms with Crippen molar-refractivity contribution in [2.24, 2.45) is 0 Å². The normalized spacial score (nSPS) is 10.6. The Labute approximate surface area is 212 Å². The number of nitrogens with one attached hydrogen (secondary N) is 1. The zero-order valence-electron chi connectivity index (χ0n) is 19.1. The fourth-order valence-corrected chi connectivity index (χ4v) is 3.58. The zero-order valence-corrected chi connectivity index (χ0v) is 19.9. The third kappa shape index (κ3) is 6.53. The molecule has 0 saturated carbocycles. The molecular formula is C26H23ClFN5O3. The number of carbonyl (C=O) groups is 1. The van der Waals surface area contributed by atoms with Gasteiger partial charge in [0, 0.05) is 23.9 Å². The van der Waals surface area contributed by atoms with Crippen LogP contribution in [0.5, 0.6) is 0 Å². The van der Waals surface area contributed by atoms with Crippen LogP contribution in [0.15, 0.2) is 79.3 Å². The predicted octanol–water partition coefficient (Wildman–Crippen LogP) is 5.60. The molecule has 10 heteroatoms. The van der Waals surface area contributed by atoms with Crippen molar-refractivity contribution in [1.29, 1.82) is 0 Å². The molecule has 0 atom stereocenters. The standard InChI is InChI=1S/C26H23ClFN5O3/c27-19-8-4-9-20(12-19)31-24-16-29-15-23(32-24)22-13-21(14-30-25(22)28)33(10-5-11-34)26(35)36-17-18-6-2-1-3-7-18/h1-4,6-9,12-16,34H,5,10-11,17H2,(H,31,32). The number of carbonyl (C=O) groups excluding carboxylic acids is 1. The number of hydrogen-bond acceptors (Lipinski definition) is 7. The highest BCUT2D eigenvalue weighted by atomic mass is 35.5. The van der Waals surface area contributed by atoms with Crippen molar-refractivity contribution in [2.45, 2.75) is 13.0 Å². The minimum absolute atomic E-state index is 0.0552. The molecule has 8 nitrogen and oxygen atoms in total. The van der Waals surface area contributed by atoms with Crippen molar-refractivity contribution in [3.05, 3.63) is 95.8 Å². The van der Waals surface area contributed by atoms with E-state index >= 15 is 0 Å². The minimum Gasteiger partial charge on any atom is -0.444 e. The van der Waals surface area contributed by atoms with Crippen molar-refractivity contribution in [3.8, 4) is 11.3 Å². The lowest BCUT2D eigenvalue weighted by Crippen LogP contribution is -2.33. The first kappa shape index (κ1) is 25.0. The van der Waals surface area contributed by atoms with E-state index in [1.807, 2.05) is 36.4 Å². The number of pyridine rings is 1. The summed E-state index contributed by atoms with van der Waals surface area (Å²) in [5.74, 6) is -0.397. The summed E-state index contributed by atoms with van der Waals surface area (Å²) in [7, 11) is 0. The Balaban J connectivity index is 1.58. The highest BCUT2D eigenvalue weighted by Crippen LogP contribution is 2.27. The van der Waals surface area contributed by atoms with Crippen molar-refractivity contribution in [3.63, 3.8) is 0 Å². The molecule has 0 radical (unpaired) electrons. The number of benzene rings is 2. The van der Waals surface area contributed by atoms with Gasteiger partial charge in [-0.25, -0.2) is 14.8 Å². The molecule has 0 bridgehead atoms. The van der Waals surface area contributed by atoms with Crippen LogP contribution < -0.4 is 10.2 Å². The van der Waals surface area contributed by atoms with Crippen LogP contribution in [-0.2, 0) is 11.3 Å². The second-order valence-electron chi connectivity index (χ2n) is 7.73. The summed E-state index contributed by atoms with van der Waals surface area (Å²) in [5, 5.41) is 12.9. The number of rotatable bonds is 9. The molecule has 1 amide bonds.